The number of aliphatic hydroxyl groups is 2. The second-order valence-corrected chi connectivity index (χ2v) is 10.3. The maximum absolute atomic E-state index is 13.8. The van der Waals surface area contributed by atoms with E-state index in [4.69, 9.17) is 16.7 Å². The highest BCUT2D eigenvalue weighted by molar-refractivity contribution is 6.31. The predicted molar refractivity (Wildman–Crippen MR) is 153 cm³/mol. The van der Waals surface area contributed by atoms with Crippen molar-refractivity contribution in [3.8, 4) is 0 Å². The molecule has 2 amide bonds. The van der Waals surface area contributed by atoms with Gasteiger partial charge in [-0.15, -0.1) is 0 Å². The lowest BCUT2D eigenvalue weighted by Gasteiger charge is -2.28. The quantitative estimate of drug-likeness (QED) is 0.383. The number of benzene rings is 3. The van der Waals surface area contributed by atoms with Crippen LogP contribution >= 0.6 is 11.6 Å². The SMILES string of the molecule is C[C@@H](/C=C/CCO)[C@]1(O)C(=O)N(Cc2cccc(N3N=C(c4ccccc4)CCC3=O)c2)c2ccc(Cl)cc21. The lowest BCUT2D eigenvalue weighted by molar-refractivity contribution is -0.139. The first-order chi connectivity index (χ1) is 18.8. The molecule has 5 rings (SSSR count). The van der Waals surface area contributed by atoms with Crippen LogP contribution in [0.1, 0.15) is 42.9 Å². The van der Waals surface area contributed by atoms with Crippen molar-refractivity contribution in [1.82, 2.24) is 0 Å². The summed E-state index contributed by atoms with van der Waals surface area (Å²) in [6.45, 7) is 1.94. The third-order valence-electron chi connectivity index (χ3n) is 7.25. The van der Waals surface area contributed by atoms with Crippen molar-refractivity contribution in [2.75, 3.05) is 16.5 Å². The Morgan fingerprint density at radius 1 is 1.05 bits per heavy atom. The van der Waals surface area contributed by atoms with Crippen molar-refractivity contribution in [1.29, 1.82) is 0 Å². The number of halogens is 1. The third-order valence-corrected chi connectivity index (χ3v) is 7.48. The molecular formula is C31H30ClN3O4. The molecule has 0 fully saturated rings. The van der Waals surface area contributed by atoms with Crippen LogP contribution in [-0.4, -0.2) is 34.3 Å². The Balaban J connectivity index is 1.46. The van der Waals surface area contributed by atoms with E-state index in [1.165, 1.54) is 5.01 Å². The summed E-state index contributed by atoms with van der Waals surface area (Å²) in [5.41, 5.74) is 2.44. The zero-order valence-electron chi connectivity index (χ0n) is 21.6. The minimum absolute atomic E-state index is 0.0170. The van der Waals surface area contributed by atoms with Gasteiger partial charge in [0.05, 0.1) is 23.6 Å². The summed E-state index contributed by atoms with van der Waals surface area (Å²) in [6, 6.07) is 22.2. The minimum Gasteiger partial charge on any atom is -0.396 e. The molecule has 0 bridgehead atoms. The molecule has 0 saturated carbocycles. The lowest BCUT2D eigenvalue weighted by atomic mass is 9.83. The van der Waals surface area contributed by atoms with Crippen LogP contribution < -0.4 is 9.91 Å². The van der Waals surface area contributed by atoms with Crippen LogP contribution in [0.5, 0.6) is 0 Å². The fourth-order valence-electron chi connectivity index (χ4n) is 5.15. The number of hydrazone groups is 1. The van der Waals surface area contributed by atoms with Crippen LogP contribution in [0.15, 0.2) is 90.0 Å². The van der Waals surface area contributed by atoms with Crippen LogP contribution in [0.3, 0.4) is 0 Å². The van der Waals surface area contributed by atoms with E-state index in [9.17, 15) is 14.7 Å². The Labute approximate surface area is 232 Å². The molecule has 0 aromatic heterocycles. The summed E-state index contributed by atoms with van der Waals surface area (Å²) in [7, 11) is 0. The number of anilines is 2. The fraction of sp³-hybridized carbons (Fsp3) is 0.258. The zero-order valence-corrected chi connectivity index (χ0v) is 22.4. The summed E-state index contributed by atoms with van der Waals surface area (Å²) in [5.74, 6) is -1.10. The standard InChI is InChI=1S/C31H30ClN3O4/c1-21(8-5-6-17-36)31(39)26-19-24(32)13-15-28(26)34(30(31)38)20-22-9-7-12-25(18-22)35-29(37)16-14-27(33-35)23-10-3-2-4-11-23/h2-5,7-13,15,18-19,21,36,39H,6,14,16-17,20H2,1H3/b8-5+/t21-,31+/m0/s1. The molecule has 2 N–H and O–H groups in total. The number of aliphatic hydroxyl groups excluding tert-OH is 1. The van der Waals surface area contributed by atoms with Crippen molar-refractivity contribution in [3.05, 3.63) is 107 Å². The molecule has 200 valence electrons. The lowest BCUT2D eigenvalue weighted by Crippen LogP contribution is -2.44. The number of hydrogen-bond donors (Lipinski definition) is 2. The molecule has 2 heterocycles. The van der Waals surface area contributed by atoms with Crippen molar-refractivity contribution in [3.63, 3.8) is 0 Å². The van der Waals surface area contributed by atoms with Gasteiger partial charge >= 0.3 is 0 Å². The summed E-state index contributed by atoms with van der Waals surface area (Å²) in [5, 5.41) is 27.4. The maximum Gasteiger partial charge on any atom is 0.264 e. The van der Waals surface area contributed by atoms with Gasteiger partial charge in [0.25, 0.3) is 5.91 Å². The topological polar surface area (TPSA) is 93.4 Å². The van der Waals surface area contributed by atoms with Crippen molar-refractivity contribution in [2.24, 2.45) is 11.0 Å². The van der Waals surface area contributed by atoms with Crippen molar-refractivity contribution < 1.29 is 19.8 Å². The smallest absolute Gasteiger partial charge is 0.264 e. The number of carbonyl (C=O) groups is 2. The maximum atomic E-state index is 13.8. The van der Waals surface area contributed by atoms with Gasteiger partial charge in [0, 0.05) is 36.0 Å². The second kappa shape index (κ2) is 11.1. The van der Waals surface area contributed by atoms with Gasteiger partial charge in [-0.25, -0.2) is 5.01 Å². The summed E-state index contributed by atoms with van der Waals surface area (Å²) in [6.07, 6.45) is 4.85. The van der Waals surface area contributed by atoms with E-state index in [0.717, 1.165) is 16.8 Å². The molecule has 2 aliphatic rings. The summed E-state index contributed by atoms with van der Waals surface area (Å²) in [4.78, 5) is 28.2. The van der Waals surface area contributed by atoms with Gasteiger partial charge in [0.1, 0.15) is 0 Å². The molecule has 0 radical (unpaired) electrons. The Morgan fingerprint density at radius 3 is 2.62 bits per heavy atom. The largest absolute Gasteiger partial charge is 0.396 e. The van der Waals surface area contributed by atoms with Crippen LogP contribution in [0.4, 0.5) is 11.4 Å². The summed E-state index contributed by atoms with van der Waals surface area (Å²) >= 11 is 6.27. The Hall–Kier alpha value is -3.78. The fourth-order valence-corrected chi connectivity index (χ4v) is 5.32. The first kappa shape index (κ1) is 26.8. The minimum atomic E-state index is -1.80. The molecule has 2 atom stereocenters. The molecule has 2 aliphatic heterocycles. The predicted octanol–water partition coefficient (Wildman–Crippen LogP) is 5.18. The molecule has 7 nitrogen and oxygen atoms in total. The number of amides is 2. The summed E-state index contributed by atoms with van der Waals surface area (Å²) < 4.78 is 0. The van der Waals surface area contributed by atoms with Crippen LogP contribution in [0.2, 0.25) is 5.02 Å². The molecule has 3 aromatic rings. The van der Waals surface area contributed by atoms with Crippen molar-refractivity contribution in [2.45, 2.75) is 38.3 Å². The number of hydrogen-bond acceptors (Lipinski definition) is 5. The van der Waals surface area contributed by atoms with Gasteiger partial charge in [0.15, 0.2) is 5.60 Å². The van der Waals surface area contributed by atoms with Crippen LogP contribution in [0.25, 0.3) is 0 Å². The Morgan fingerprint density at radius 2 is 1.85 bits per heavy atom. The van der Waals surface area contributed by atoms with Gasteiger partial charge in [-0.1, -0.05) is 73.1 Å². The normalized spacial score (nSPS) is 19.9. The van der Waals surface area contributed by atoms with E-state index in [1.807, 2.05) is 54.6 Å². The molecule has 0 unspecified atom stereocenters. The first-order valence-electron chi connectivity index (χ1n) is 13.0. The molecule has 8 heteroatoms. The van der Waals surface area contributed by atoms with Crippen LogP contribution in [-0.2, 0) is 21.7 Å². The Kier molecular flexibility index (Phi) is 7.66. The van der Waals surface area contributed by atoms with E-state index in [1.54, 1.807) is 42.2 Å². The first-order valence-corrected chi connectivity index (χ1v) is 13.4. The van der Waals surface area contributed by atoms with E-state index >= 15 is 0 Å². The monoisotopic (exact) mass is 543 g/mol. The molecular weight excluding hydrogens is 514 g/mol. The van der Waals surface area contributed by atoms with E-state index in [2.05, 4.69) is 5.10 Å². The molecule has 0 aliphatic carbocycles. The van der Waals surface area contributed by atoms with Gasteiger partial charge in [0.2, 0.25) is 5.91 Å². The molecule has 39 heavy (non-hydrogen) atoms. The molecule has 0 spiro atoms. The number of rotatable bonds is 8. The van der Waals surface area contributed by atoms with E-state index in [0.29, 0.717) is 41.2 Å². The van der Waals surface area contributed by atoms with Gasteiger partial charge in [-0.2, -0.15) is 5.10 Å². The third kappa shape index (κ3) is 5.13. The average Bonchev–Trinajstić information content (AvgIpc) is 3.16. The highest BCUT2D eigenvalue weighted by atomic mass is 35.5. The molecule has 0 saturated heterocycles. The number of nitrogens with zero attached hydrogens (tertiary/aromatic N) is 3. The van der Waals surface area contributed by atoms with Gasteiger partial charge < -0.3 is 15.1 Å². The average molecular weight is 544 g/mol. The Bertz CT molecular complexity index is 1460. The van der Waals surface area contributed by atoms with Gasteiger partial charge in [-0.05, 0) is 47.9 Å². The van der Waals surface area contributed by atoms with E-state index < -0.39 is 17.4 Å². The highest BCUT2D eigenvalue weighted by Gasteiger charge is 2.52. The zero-order chi connectivity index (χ0) is 27.6. The van der Waals surface area contributed by atoms with Gasteiger partial charge in [-0.3, -0.25) is 9.59 Å². The second-order valence-electron chi connectivity index (χ2n) is 9.84. The van der Waals surface area contributed by atoms with Crippen LogP contribution in [0, 0.1) is 5.92 Å². The number of fused-ring (bicyclic) bond motifs is 1. The highest BCUT2D eigenvalue weighted by Crippen LogP contribution is 2.46. The number of carbonyl (C=O) groups excluding carboxylic acids is 2. The van der Waals surface area contributed by atoms with Crippen molar-refractivity contribution >= 4 is 40.5 Å². The molecule has 3 aromatic carbocycles. The van der Waals surface area contributed by atoms with E-state index in [-0.39, 0.29) is 19.1 Å².